The van der Waals surface area contributed by atoms with Crippen LogP contribution in [0.4, 0.5) is 0 Å². The third-order valence-electron chi connectivity index (χ3n) is 5.19. The van der Waals surface area contributed by atoms with Gasteiger partial charge in [-0.15, -0.1) is 18.2 Å². The van der Waals surface area contributed by atoms with Gasteiger partial charge in [0, 0.05) is 5.88 Å². The molecule has 7 heteroatoms. The van der Waals surface area contributed by atoms with Crippen molar-refractivity contribution in [3.63, 3.8) is 0 Å². The lowest BCUT2D eigenvalue weighted by Crippen LogP contribution is -2.34. The van der Waals surface area contributed by atoms with E-state index in [0.29, 0.717) is 30.2 Å². The van der Waals surface area contributed by atoms with Gasteiger partial charge in [-0.05, 0) is 67.3 Å². The van der Waals surface area contributed by atoms with Crippen molar-refractivity contribution in [1.82, 2.24) is 4.31 Å². The SMILES string of the molecule is C=C(C)CC(c1ccc(OC)cc1)N(Cc1ccco1)S(=O)(=O)c1ccc(CCCl)cc1. The van der Waals surface area contributed by atoms with Gasteiger partial charge in [0.15, 0.2) is 0 Å². The lowest BCUT2D eigenvalue weighted by molar-refractivity contribution is 0.290. The van der Waals surface area contributed by atoms with Crippen molar-refractivity contribution >= 4 is 21.6 Å². The van der Waals surface area contributed by atoms with Crippen LogP contribution >= 0.6 is 11.6 Å². The van der Waals surface area contributed by atoms with Crippen LogP contribution in [0.1, 0.15) is 36.3 Å². The molecule has 32 heavy (non-hydrogen) atoms. The van der Waals surface area contributed by atoms with Crippen molar-refractivity contribution < 1.29 is 17.6 Å². The Morgan fingerprint density at radius 1 is 1.12 bits per heavy atom. The zero-order valence-electron chi connectivity index (χ0n) is 18.3. The largest absolute Gasteiger partial charge is 0.497 e. The van der Waals surface area contributed by atoms with Crippen LogP contribution in [-0.2, 0) is 23.0 Å². The van der Waals surface area contributed by atoms with E-state index in [2.05, 4.69) is 6.58 Å². The Balaban J connectivity index is 2.07. The lowest BCUT2D eigenvalue weighted by Gasteiger charge is -2.31. The Morgan fingerprint density at radius 2 is 1.81 bits per heavy atom. The summed E-state index contributed by atoms with van der Waals surface area (Å²) in [6.07, 6.45) is 2.70. The molecule has 1 aromatic heterocycles. The van der Waals surface area contributed by atoms with Gasteiger partial charge in [-0.3, -0.25) is 0 Å². The first-order valence-corrected chi connectivity index (χ1v) is 12.3. The van der Waals surface area contributed by atoms with Gasteiger partial charge in [0.2, 0.25) is 10.0 Å². The van der Waals surface area contributed by atoms with E-state index in [9.17, 15) is 8.42 Å². The van der Waals surface area contributed by atoms with Gasteiger partial charge in [0.25, 0.3) is 0 Å². The highest BCUT2D eigenvalue weighted by molar-refractivity contribution is 7.89. The number of aryl methyl sites for hydroxylation is 1. The molecule has 170 valence electrons. The predicted molar refractivity (Wildman–Crippen MR) is 127 cm³/mol. The zero-order valence-corrected chi connectivity index (χ0v) is 19.9. The molecule has 0 radical (unpaired) electrons. The molecule has 3 aromatic rings. The molecule has 2 aromatic carbocycles. The second-order valence-electron chi connectivity index (χ2n) is 7.66. The maximum Gasteiger partial charge on any atom is 0.244 e. The minimum absolute atomic E-state index is 0.0999. The van der Waals surface area contributed by atoms with Crippen LogP contribution in [-0.4, -0.2) is 25.7 Å². The Labute approximate surface area is 195 Å². The second kappa shape index (κ2) is 10.9. The van der Waals surface area contributed by atoms with E-state index in [1.807, 2.05) is 43.3 Å². The topological polar surface area (TPSA) is 59.8 Å². The molecule has 0 spiro atoms. The second-order valence-corrected chi connectivity index (χ2v) is 9.93. The molecule has 0 aliphatic rings. The maximum atomic E-state index is 13.9. The van der Waals surface area contributed by atoms with Crippen molar-refractivity contribution in [1.29, 1.82) is 0 Å². The summed E-state index contributed by atoms with van der Waals surface area (Å²) < 4.78 is 40.0. The summed E-state index contributed by atoms with van der Waals surface area (Å²) in [6.45, 7) is 6.04. The summed E-state index contributed by atoms with van der Waals surface area (Å²) in [5.41, 5.74) is 2.72. The van der Waals surface area contributed by atoms with E-state index in [0.717, 1.165) is 16.7 Å². The molecule has 0 saturated carbocycles. The van der Waals surface area contributed by atoms with E-state index < -0.39 is 16.1 Å². The van der Waals surface area contributed by atoms with E-state index in [1.54, 1.807) is 37.6 Å². The van der Waals surface area contributed by atoms with Crippen molar-refractivity contribution in [2.75, 3.05) is 13.0 Å². The van der Waals surface area contributed by atoms with Crippen LogP contribution in [0, 0.1) is 0 Å². The number of hydrogen-bond donors (Lipinski definition) is 0. The Kier molecular flexibility index (Phi) is 8.18. The molecule has 0 aliphatic heterocycles. The Morgan fingerprint density at radius 3 is 2.34 bits per heavy atom. The molecule has 1 unspecified atom stereocenters. The van der Waals surface area contributed by atoms with E-state index in [4.69, 9.17) is 20.8 Å². The molecule has 0 saturated heterocycles. The summed E-state index contributed by atoms with van der Waals surface area (Å²) in [6, 6.07) is 17.4. The highest BCUT2D eigenvalue weighted by Gasteiger charge is 2.33. The lowest BCUT2D eigenvalue weighted by atomic mass is 10.00. The van der Waals surface area contributed by atoms with Crippen molar-refractivity contribution in [3.8, 4) is 5.75 Å². The van der Waals surface area contributed by atoms with Crippen LogP contribution in [0.25, 0.3) is 0 Å². The fraction of sp³-hybridized carbons (Fsp3) is 0.280. The Bertz CT molecular complexity index is 1110. The summed E-state index contributed by atoms with van der Waals surface area (Å²) in [4.78, 5) is 0.225. The molecular weight excluding hydrogens is 446 g/mol. The first-order valence-electron chi connectivity index (χ1n) is 10.3. The van der Waals surface area contributed by atoms with Crippen molar-refractivity contribution in [2.24, 2.45) is 0 Å². The van der Waals surface area contributed by atoms with Gasteiger partial charge in [-0.2, -0.15) is 4.31 Å². The van der Waals surface area contributed by atoms with E-state index in [1.165, 1.54) is 4.31 Å². The predicted octanol–water partition coefficient (Wildman–Crippen LogP) is 5.97. The molecular formula is C25H28ClNO4S. The highest BCUT2D eigenvalue weighted by atomic mass is 35.5. The summed E-state index contributed by atoms with van der Waals surface area (Å²) >= 11 is 5.82. The average molecular weight is 474 g/mol. The van der Waals surface area contributed by atoms with Crippen LogP contribution in [0.3, 0.4) is 0 Å². The fourth-order valence-electron chi connectivity index (χ4n) is 3.53. The number of alkyl halides is 1. The molecule has 1 atom stereocenters. The summed E-state index contributed by atoms with van der Waals surface area (Å²) in [5, 5.41) is 0. The molecule has 0 fully saturated rings. The summed E-state index contributed by atoms with van der Waals surface area (Å²) in [5.74, 6) is 1.75. The smallest absolute Gasteiger partial charge is 0.244 e. The van der Waals surface area contributed by atoms with Gasteiger partial charge in [0.05, 0.1) is 30.9 Å². The van der Waals surface area contributed by atoms with Crippen molar-refractivity contribution in [3.05, 3.63) is 96.0 Å². The zero-order chi connectivity index (χ0) is 23.1. The van der Waals surface area contributed by atoms with Gasteiger partial charge in [0.1, 0.15) is 11.5 Å². The molecule has 3 rings (SSSR count). The number of hydrogen-bond acceptors (Lipinski definition) is 4. The van der Waals surface area contributed by atoms with Gasteiger partial charge in [-0.25, -0.2) is 8.42 Å². The quantitative estimate of drug-likeness (QED) is 0.254. The highest BCUT2D eigenvalue weighted by Crippen LogP contribution is 2.35. The van der Waals surface area contributed by atoms with Gasteiger partial charge >= 0.3 is 0 Å². The minimum atomic E-state index is -3.85. The molecule has 1 heterocycles. The molecule has 0 bridgehead atoms. The van der Waals surface area contributed by atoms with Crippen LogP contribution < -0.4 is 4.74 Å². The summed E-state index contributed by atoms with van der Waals surface area (Å²) in [7, 11) is -2.25. The van der Waals surface area contributed by atoms with Crippen LogP contribution in [0.15, 0.2) is 88.4 Å². The number of benzene rings is 2. The third kappa shape index (κ3) is 5.82. The molecule has 0 aliphatic carbocycles. The minimum Gasteiger partial charge on any atom is -0.497 e. The Hall–Kier alpha value is -2.54. The number of sulfonamides is 1. The van der Waals surface area contributed by atoms with Crippen LogP contribution in [0.5, 0.6) is 5.75 Å². The van der Waals surface area contributed by atoms with Crippen LogP contribution in [0.2, 0.25) is 0 Å². The number of nitrogens with zero attached hydrogens (tertiary/aromatic N) is 1. The number of ether oxygens (including phenoxy) is 1. The third-order valence-corrected chi connectivity index (χ3v) is 7.25. The number of furan rings is 1. The van der Waals surface area contributed by atoms with E-state index in [-0.39, 0.29) is 11.4 Å². The monoisotopic (exact) mass is 473 g/mol. The first-order chi connectivity index (χ1) is 15.3. The average Bonchev–Trinajstić information content (AvgIpc) is 3.30. The molecule has 5 nitrogen and oxygen atoms in total. The first kappa shape index (κ1) is 24.1. The number of halogens is 1. The number of methoxy groups -OCH3 is 1. The maximum absolute atomic E-state index is 13.9. The molecule has 0 amide bonds. The van der Waals surface area contributed by atoms with Crippen molar-refractivity contribution in [2.45, 2.75) is 37.2 Å². The van der Waals surface area contributed by atoms with Gasteiger partial charge < -0.3 is 9.15 Å². The fourth-order valence-corrected chi connectivity index (χ4v) is 5.33. The number of rotatable bonds is 11. The van der Waals surface area contributed by atoms with E-state index >= 15 is 0 Å². The normalized spacial score (nSPS) is 12.6. The standard InChI is InChI=1S/C25H28ClNO4S/c1-19(2)17-25(21-8-10-22(30-3)11-9-21)27(18-23-5-4-16-31-23)32(28,29)24-12-6-20(7-13-24)14-15-26/h4-13,16,25H,1,14-15,17-18H2,2-3H3. The van der Waals surface area contributed by atoms with Gasteiger partial charge in [-0.1, -0.05) is 29.8 Å². The molecule has 0 N–H and O–H groups in total.